The minimum Gasteiger partial charge on any atom is -0.376 e. The Hall–Kier alpha value is -1.10. The van der Waals surface area contributed by atoms with Gasteiger partial charge in [0.2, 0.25) is 11.8 Å². The molecular weight excluding hydrogens is 244 g/mol. The fourth-order valence-corrected chi connectivity index (χ4v) is 2.94. The number of nitrogens with zero attached hydrogens (tertiary/aromatic N) is 1. The molecule has 1 N–H and O–H groups in total. The highest BCUT2D eigenvalue weighted by molar-refractivity contribution is 5.97. The Bertz CT molecular complexity index is 369. The van der Waals surface area contributed by atoms with Crippen molar-refractivity contribution in [2.24, 2.45) is 5.41 Å². The van der Waals surface area contributed by atoms with Gasteiger partial charge in [0.25, 0.3) is 0 Å². The monoisotopic (exact) mass is 268 g/mol. The summed E-state index contributed by atoms with van der Waals surface area (Å²) in [5.41, 5.74) is -0.279. The summed E-state index contributed by atoms with van der Waals surface area (Å²) in [6.45, 7) is 8.99. The van der Waals surface area contributed by atoms with E-state index in [9.17, 15) is 9.59 Å². The van der Waals surface area contributed by atoms with Crippen molar-refractivity contribution in [3.8, 4) is 0 Å². The van der Waals surface area contributed by atoms with Gasteiger partial charge in [0.05, 0.1) is 6.10 Å². The smallest absolute Gasteiger partial charge is 0.245 e. The van der Waals surface area contributed by atoms with Crippen LogP contribution in [0, 0.1) is 5.41 Å². The molecule has 0 aromatic heterocycles. The molecule has 5 nitrogen and oxygen atoms in total. The number of carbonyl (C=O) groups excluding carboxylic acids is 2. The van der Waals surface area contributed by atoms with Crippen LogP contribution >= 0.6 is 0 Å². The average molecular weight is 268 g/mol. The highest BCUT2D eigenvalue weighted by atomic mass is 16.5. The van der Waals surface area contributed by atoms with Crippen LogP contribution in [-0.4, -0.2) is 48.1 Å². The van der Waals surface area contributed by atoms with Crippen molar-refractivity contribution in [2.75, 3.05) is 13.2 Å². The number of carbonyl (C=O) groups is 2. The second-order valence-corrected chi connectivity index (χ2v) is 6.62. The molecule has 2 rings (SSSR count). The number of hydrogen-bond donors (Lipinski definition) is 1. The Kier molecular flexibility index (Phi) is 3.85. The molecule has 0 spiro atoms. The van der Waals surface area contributed by atoms with Crippen molar-refractivity contribution in [1.29, 1.82) is 0 Å². The fourth-order valence-electron chi connectivity index (χ4n) is 2.94. The highest BCUT2D eigenvalue weighted by Gasteiger charge is 2.45. The molecule has 2 saturated heterocycles. The number of amides is 2. The first kappa shape index (κ1) is 14.3. The third kappa shape index (κ3) is 2.91. The molecule has 0 radical (unpaired) electrons. The van der Waals surface area contributed by atoms with Crippen molar-refractivity contribution in [1.82, 2.24) is 10.2 Å². The van der Waals surface area contributed by atoms with E-state index in [4.69, 9.17) is 4.74 Å². The molecular formula is C14H24N2O3. The number of ether oxygens (including phenoxy) is 1. The predicted molar refractivity (Wildman–Crippen MR) is 71.5 cm³/mol. The summed E-state index contributed by atoms with van der Waals surface area (Å²) in [6.07, 6.45) is 2.08. The van der Waals surface area contributed by atoms with Crippen LogP contribution in [0.3, 0.4) is 0 Å². The molecule has 5 heteroatoms. The Balaban J connectivity index is 2.20. The fraction of sp³-hybridized carbons (Fsp3) is 0.857. The standard InChI is InChI=1S/C14H24N2O3/c1-9-13(18)16(8-10-6-5-7-19-10)11(12(17)15-9)14(2,3)4/h9-11H,5-8H2,1-4H3,(H,15,17). The molecule has 2 aliphatic heterocycles. The minimum absolute atomic E-state index is 0.00461. The summed E-state index contributed by atoms with van der Waals surface area (Å²) < 4.78 is 5.61. The second kappa shape index (κ2) is 5.12. The molecule has 0 aliphatic carbocycles. The zero-order valence-electron chi connectivity index (χ0n) is 12.2. The van der Waals surface area contributed by atoms with Crippen LogP contribution in [-0.2, 0) is 14.3 Å². The molecule has 2 aliphatic rings. The number of piperazine rings is 1. The third-order valence-electron chi connectivity index (χ3n) is 3.82. The number of hydrogen-bond acceptors (Lipinski definition) is 3. The van der Waals surface area contributed by atoms with E-state index in [1.165, 1.54) is 0 Å². The van der Waals surface area contributed by atoms with Gasteiger partial charge in [0.1, 0.15) is 12.1 Å². The molecule has 3 atom stereocenters. The quantitative estimate of drug-likeness (QED) is 0.810. The van der Waals surface area contributed by atoms with Gasteiger partial charge in [-0.05, 0) is 25.2 Å². The lowest BCUT2D eigenvalue weighted by molar-refractivity contribution is -0.155. The Labute approximate surface area is 114 Å². The molecule has 0 saturated carbocycles. The molecule has 2 heterocycles. The normalized spacial score (nSPS) is 32.6. The summed E-state index contributed by atoms with van der Waals surface area (Å²) in [4.78, 5) is 26.3. The maximum absolute atomic E-state index is 12.4. The first-order valence-corrected chi connectivity index (χ1v) is 7.03. The van der Waals surface area contributed by atoms with Gasteiger partial charge in [0, 0.05) is 13.2 Å². The van der Waals surface area contributed by atoms with Crippen molar-refractivity contribution in [3.05, 3.63) is 0 Å². The molecule has 0 aromatic rings. The van der Waals surface area contributed by atoms with E-state index in [0.717, 1.165) is 19.4 Å². The SMILES string of the molecule is CC1NC(=O)C(C(C)(C)C)N(CC2CCCO2)C1=O. The van der Waals surface area contributed by atoms with Gasteiger partial charge in [0.15, 0.2) is 0 Å². The van der Waals surface area contributed by atoms with Crippen LogP contribution in [0.5, 0.6) is 0 Å². The van der Waals surface area contributed by atoms with Crippen LogP contribution < -0.4 is 5.32 Å². The van der Waals surface area contributed by atoms with Gasteiger partial charge in [-0.1, -0.05) is 20.8 Å². The summed E-state index contributed by atoms with van der Waals surface area (Å²) >= 11 is 0. The van der Waals surface area contributed by atoms with Crippen molar-refractivity contribution < 1.29 is 14.3 Å². The maximum atomic E-state index is 12.4. The lowest BCUT2D eigenvalue weighted by Gasteiger charge is -2.44. The molecule has 0 aromatic carbocycles. The molecule has 2 amide bonds. The summed E-state index contributed by atoms with van der Waals surface area (Å²) in [7, 11) is 0. The molecule has 3 unspecified atom stereocenters. The minimum atomic E-state index is -0.437. The lowest BCUT2D eigenvalue weighted by atomic mass is 9.83. The van der Waals surface area contributed by atoms with Crippen LogP contribution in [0.1, 0.15) is 40.5 Å². The van der Waals surface area contributed by atoms with Crippen molar-refractivity contribution >= 4 is 11.8 Å². The van der Waals surface area contributed by atoms with Crippen molar-refractivity contribution in [3.63, 3.8) is 0 Å². The van der Waals surface area contributed by atoms with Crippen LogP contribution in [0.15, 0.2) is 0 Å². The maximum Gasteiger partial charge on any atom is 0.245 e. The second-order valence-electron chi connectivity index (χ2n) is 6.62. The number of nitrogens with one attached hydrogen (secondary N) is 1. The van der Waals surface area contributed by atoms with Gasteiger partial charge in [-0.25, -0.2) is 0 Å². The van der Waals surface area contributed by atoms with Gasteiger partial charge in [-0.3, -0.25) is 9.59 Å². The van der Waals surface area contributed by atoms with Gasteiger partial charge in [-0.2, -0.15) is 0 Å². The summed E-state index contributed by atoms with van der Waals surface area (Å²) in [5.74, 6) is -0.0624. The van der Waals surface area contributed by atoms with Crippen LogP contribution in [0.25, 0.3) is 0 Å². The molecule has 19 heavy (non-hydrogen) atoms. The van der Waals surface area contributed by atoms with Gasteiger partial charge in [-0.15, -0.1) is 0 Å². The molecule has 108 valence electrons. The largest absolute Gasteiger partial charge is 0.376 e. The Morgan fingerprint density at radius 1 is 1.37 bits per heavy atom. The van der Waals surface area contributed by atoms with E-state index >= 15 is 0 Å². The van der Waals surface area contributed by atoms with Crippen molar-refractivity contribution in [2.45, 2.75) is 58.7 Å². The average Bonchev–Trinajstić information content (AvgIpc) is 2.76. The summed E-state index contributed by atoms with van der Waals surface area (Å²) in [5, 5.41) is 2.77. The highest BCUT2D eigenvalue weighted by Crippen LogP contribution is 2.29. The number of rotatable bonds is 2. The zero-order chi connectivity index (χ0) is 14.2. The van der Waals surface area contributed by atoms with Gasteiger partial charge < -0.3 is 15.0 Å². The van der Waals surface area contributed by atoms with E-state index in [2.05, 4.69) is 5.32 Å². The third-order valence-corrected chi connectivity index (χ3v) is 3.82. The Morgan fingerprint density at radius 2 is 2.05 bits per heavy atom. The van der Waals surface area contributed by atoms with Crippen LogP contribution in [0.4, 0.5) is 0 Å². The lowest BCUT2D eigenvalue weighted by Crippen LogP contribution is -2.66. The first-order chi connectivity index (χ1) is 8.80. The Morgan fingerprint density at radius 3 is 2.58 bits per heavy atom. The summed E-state index contributed by atoms with van der Waals surface area (Å²) in [6, 6.07) is -0.854. The zero-order valence-corrected chi connectivity index (χ0v) is 12.2. The molecule has 2 fully saturated rings. The van der Waals surface area contributed by atoms with E-state index in [1.807, 2.05) is 20.8 Å². The topological polar surface area (TPSA) is 58.6 Å². The van der Waals surface area contributed by atoms with E-state index in [0.29, 0.717) is 6.54 Å². The predicted octanol–water partition coefficient (Wildman–Crippen LogP) is 0.927. The van der Waals surface area contributed by atoms with E-state index in [-0.39, 0.29) is 23.3 Å². The van der Waals surface area contributed by atoms with E-state index < -0.39 is 12.1 Å². The van der Waals surface area contributed by atoms with Crippen LogP contribution in [0.2, 0.25) is 0 Å². The molecule has 0 bridgehead atoms. The first-order valence-electron chi connectivity index (χ1n) is 7.03. The van der Waals surface area contributed by atoms with E-state index in [1.54, 1.807) is 11.8 Å². The van der Waals surface area contributed by atoms with Gasteiger partial charge >= 0.3 is 0 Å².